The normalized spacial score (nSPS) is 18.1. The van der Waals surface area contributed by atoms with Crippen molar-refractivity contribution in [2.75, 3.05) is 13.2 Å². The molecule has 0 radical (unpaired) electrons. The summed E-state index contributed by atoms with van der Waals surface area (Å²) in [5.74, 6) is 0.318. The third-order valence-corrected chi connectivity index (χ3v) is 3.38. The zero-order chi connectivity index (χ0) is 15.2. The first kappa shape index (κ1) is 15.7. The molecule has 0 aliphatic carbocycles. The second kappa shape index (κ2) is 7.38. The molecular formula is C15H22N2O4. The molecule has 1 aliphatic rings. The van der Waals surface area contributed by atoms with Crippen molar-refractivity contribution >= 4 is 5.69 Å². The van der Waals surface area contributed by atoms with Crippen molar-refractivity contribution in [3.63, 3.8) is 0 Å². The summed E-state index contributed by atoms with van der Waals surface area (Å²) in [4.78, 5) is 10.7. The van der Waals surface area contributed by atoms with Crippen molar-refractivity contribution in [3.05, 3.63) is 33.9 Å². The summed E-state index contributed by atoms with van der Waals surface area (Å²) in [6.45, 7) is 5.88. The molecule has 6 heteroatoms. The summed E-state index contributed by atoms with van der Waals surface area (Å²) < 4.78 is 11.1. The van der Waals surface area contributed by atoms with Crippen molar-refractivity contribution in [2.24, 2.45) is 0 Å². The van der Waals surface area contributed by atoms with Crippen molar-refractivity contribution in [2.45, 2.75) is 45.4 Å². The zero-order valence-corrected chi connectivity index (χ0v) is 12.5. The number of ether oxygens (including phenoxy) is 2. The van der Waals surface area contributed by atoms with Gasteiger partial charge in [0.25, 0.3) is 0 Å². The summed E-state index contributed by atoms with van der Waals surface area (Å²) in [5, 5.41) is 14.4. The number of nitro benzene ring substituents is 1. The molecule has 1 aromatic carbocycles. The summed E-state index contributed by atoms with van der Waals surface area (Å²) in [6.07, 6.45) is 2.01. The minimum Gasteiger partial charge on any atom is -0.484 e. The van der Waals surface area contributed by atoms with Gasteiger partial charge in [-0.1, -0.05) is 19.9 Å². The second-order valence-electron chi connectivity index (χ2n) is 5.54. The van der Waals surface area contributed by atoms with Gasteiger partial charge in [0, 0.05) is 25.3 Å². The molecule has 1 heterocycles. The molecule has 0 bridgehead atoms. The van der Waals surface area contributed by atoms with E-state index in [2.05, 4.69) is 19.2 Å². The fourth-order valence-corrected chi connectivity index (χ4v) is 2.22. The fraction of sp³-hybridized carbons (Fsp3) is 0.600. The molecule has 0 spiro atoms. The zero-order valence-electron chi connectivity index (χ0n) is 12.5. The molecule has 21 heavy (non-hydrogen) atoms. The molecule has 0 aromatic heterocycles. The van der Waals surface area contributed by atoms with Gasteiger partial charge in [0.05, 0.1) is 11.0 Å². The van der Waals surface area contributed by atoms with Crippen LogP contribution < -0.4 is 10.1 Å². The Morgan fingerprint density at radius 2 is 2.33 bits per heavy atom. The maximum absolute atomic E-state index is 11.1. The second-order valence-corrected chi connectivity index (χ2v) is 5.54. The van der Waals surface area contributed by atoms with E-state index in [-0.39, 0.29) is 11.8 Å². The van der Waals surface area contributed by atoms with Crippen LogP contribution in [0, 0.1) is 10.1 Å². The highest BCUT2D eigenvalue weighted by Gasteiger charge is 2.20. The summed E-state index contributed by atoms with van der Waals surface area (Å²) in [6, 6.07) is 5.35. The standard InChI is InChI=1S/C15H22N2O4/c1-11(2)16-9-12-5-6-14(17(18)19)15(8-12)21-10-13-4-3-7-20-13/h5-6,8,11,13,16H,3-4,7,9-10H2,1-2H3. The van der Waals surface area contributed by atoms with Crippen LogP contribution in [0.3, 0.4) is 0 Å². The van der Waals surface area contributed by atoms with Gasteiger partial charge in [-0.2, -0.15) is 0 Å². The monoisotopic (exact) mass is 294 g/mol. The Bertz CT molecular complexity index is 485. The number of rotatable bonds is 7. The van der Waals surface area contributed by atoms with E-state index in [1.807, 2.05) is 0 Å². The number of nitrogens with one attached hydrogen (secondary N) is 1. The molecule has 1 atom stereocenters. The van der Waals surface area contributed by atoms with Crippen molar-refractivity contribution in [3.8, 4) is 5.75 Å². The predicted molar refractivity (Wildman–Crippen MR) is 79.5 cm³/mol. The van der Waals surface area contributed by atoms with Crippen LogP contribution in [0.25, 0.3) is 0 Å². The Morgan fingerprint density at radius 1 is 1.52 bits per heavy atom. The minimum atomic E-state index is -0.412. The van der Waals surface area contributed by atoms with Gasteiger partial charge in [-0.15, -0.1) is 0 Å². The Kier molecular flexibility index (Phi) is 5.52. The van der Waals surface area contributed by atoms with E-state index >= 15 is 0 Å². The Balaban J connectivity index is 2.06. The van der Waals surface area contributed by atoms with E-state index in [1.165, 1.54) is 6.07 Å². The smallest absolute Gasteiger partial charge is 0.310 e. The maximum Gasteiger partial charge on any atom is 0.310 e. The number of nitro groups is 1. The molecule has 1 unspecified atom stereocenters. The summed E-state index contributed by atoms with van der Waals surface area (Å²) in [5.41, 5.74) is 0.970. The number of hydrogen-bond donors (Lipinski definition) is 1. The molecule has 6 nitrogen and oxygen atoms in total. The molecular weight excluding hydrogens is 272 g/mol. The SMILES string of the molecule is CC(C)NCc1ccc([N+](=O)[O-])c(OCC2CCCO2)c1. The number of hydrogen-bond acceptors (Lipinski definition) is 5. The third-order valence-electron chi connectivity index (χ3n) is 3.38. The van der Waals surface area contributed by atoms with E-state index in [0.29, 0.717) is 24.9 Å². The van der Waals surface area contributed by atoms with Gasteiger partial charge >= 0.3 is 5.69 Å². The van der Waals surface area contributed by atoms with Crippen LogP contribution in [-0.4, -0.2) is 30.3 Å². The lowest BCUT2D eigenvalue weighted by atomic mass is 10.1. The lowest BCUT2D eigenvalue weighted by Gasteiger charge is -2.13. The maximum atomic E-state index is 11.1. The van der Waals surface area contributed by atoms with Gasteiger partial charge in [-0.3, -0.25) is 10.1 Å². The molecule has 1 N–H and O–H groups in total. The lowest BCUT2D eigenvalue weighted by molar-refractivity contribution is -0.385. The van der Waals surface area contributed by atoms with E-state index in [4.69, 9.17) is 9.47 Å². The van der Waals surface area contributed by atoms with Gasteiger partial charge in [0.15, 0.2) is 5.75 Å². The highest BCUT2D eigenvalue weighted by atomic mass is 16.6. The number of nitrogens with zero attached hydrogens (tertiary/aromatic N) is 1. The van der Waals surface area contributed by atoms with Crippen LogP contribution in [0.2, 0.25) is 0 Å². The minimum absolute atomic E-state index is 0.00120. The average Bonchev–Trinajstić information content (AvgIpc) is 2.96. The van der Waals surface area contributed by atoms with Crippen molar-refractivity contribution in [1.82, 2.24) is 5.32 Å². The summed E-state index contributed by atoms with van der Waals surface area (Å²) in [7, 11) is 0. The van der Waals surface area contributed by atoms with E-state index in [9.17, 15) is 10.1 Å². The highest BCUT2D eigenvalue weighted by molar-refractivity contribution is 5.48. The van der Waals surface area contributed by atoms with Gasteiger partial charge in [-0.05, 0) is 24.5 Å². The van der Waals surface area contributed by atoms with Crippen LogP contribution in [-0.2, 0) is 11.3 Å². The van der Waals surface area contributed by atoms with Crippen molar-refractivity contribution < 1.29 is 14.4 Å². The fourth-order valence-electron chi connectivity index (χ4n) is 2.22. The molecule has 116 valence electrons. The van der Waals surface area contributed by atoms with Gasteiger partial charge in [0.2, 0.25) is 0 Å². The van der Waals surface area contributed by atoms with Gasteiger partial charge in [0.1, 0.15) is 6.61 Å². The van der Waals surface area contributed by atoms with Crippen LogP contribution in [0.4, 0.5) is 5.69 Å². The first-order chi connectivity index (χ1) is 10.1. The molecule has 2 rings (SSSR count). The first-order valence-electron chi connectivity index (χ1n) is 7.31. The van der Waals surface area contributed by atoms with Gasteiger partial charge in [-0.25, -0.2) is 0 Å². The average molecular weight is 294 g/mol. The molecule has 0 amide bonds. The largest absolute Gasteiger partial charge is 0.484 e. The Labute approximate surface area is 124 Å². The topological polar surface area (TPSA) is 73.6 Å². The Hall–Kier alpha value is -1.66. The highest BCUT2D eigenvalue weighted by Crippen LogP contribution is 2.29. The van der Waals surface area contributed by atoms with Crippen molar-refractivity contribution in [1.29, 1.82) is 0 Å². The van der Waals surface area contributed by atoms with Crippen LogP contribution >= 0.6 is 0 Å². The quantitative estimate of drug-likeness (QED) is 0.618. The van der Waals surface area contributed by atoms with Crippen LogP contribution in [0.15, 0.2) is 18.2 Å². The molecule has 1 aromatic rings. The summed E-state index contributed by atoms with van der Waals surface area (Å²) >= 11 is 0. The van der Waals surface area contributed by atoms with Crippen LogP contribution in [0.5, 0.6) is 5.75 Å². The molecule has 1 aliphatic heterocycles. The van der Waals surface area contributed by atoms with Crippen LogP contribution in [0.1, 0.15) is 32.3 Å². The lowest BCUT2D eigenvalue weighted by Crippen LogP contribution is -2.22. The molecule has 1 fully saturated rings. The van der Waals surface area contributed by atoms with E-state index < -0.39 is 4.92 Å². The molecule has 1 saturated heterocycles. The molecule has 0 saturated carbocycles. The Morgan fingerprint density at radius 3 is 2.95 bits per heavy atom. The van der Waals surface area contributed by atoms with E-state index in [1.54, 1.807) is 12.1 Å². The first-order valence-corrected chi connectivity index (χ1v) is 7.31. The van der Waals surface area contributed by atoms with Gasteiger partial charge < -0.3 is 14.8 Å². The predicted octanol–water partition coefficient (Wildman–Crippen LogP) is 2.65. The number of benzene rings is 1. The van der Waals surface area contributed by atoms with E-state index in [0.717, 1.165) is 25.0 Å². The third kappa shape index (κ3) is 4.68.